The van der Waals surface area contributed by atoms with Crippen LogP contribution in [0.2, 0.25) is 10.0 Å². The van der Waals surface area contributed by atoms with E-state index in [4.69, 9.17) is 33.3 Å². The van der Waals surface area contributed by atoms with E-state index in [9.17, 15) is 4.39 Å². The Bertz CT molecular complexity index is 1870. The minimum atomic E-state index is -0.950. The molecule has 0 bridgehead atoms. The zero-order valence-corrected chi connectivity index (χ0v) is 27.2. The molecule has 0 aliphatic carbocycles. The first-order valence-electron chi connectivity index (χ1n) is 15.3. The van der Waals surface area contributed by atoms with Crippen molar-refractivity contribution in [3.05, 3.63) is 88.1 Å². The summed E-state index contributed by atoms with van der Waals surface area (Å²) in [7, 11) is 0. The molecule has 12 heteroatoms. The average Bonchev–Trinajstić information content (AvgIpc) is 3.86. The van der Waals surface area contributed by atoms with Crippen LogP contribution in [0.4, 0.5) is 15.2 Å². The van der Waals surface area contributed by atoms with Crippen molar-refractivity contribution >= 4 is 56.3 Å². The fraction of sp³-hybridized carbons (Fsp3) is 0.364. The molecule has 6 heterocycles. The van der Waals surface area contributed by atoms with Gasteiger partial charge in [0.2, 0.25) is 0 Å². The second-order valence-corrected chi connectivity index (χ2v) is 14.0. The second-order valence-electron chi connectivity index (χ2n) is 12.3. The van der Waals surface area contributed by atoms with Gasteiger partial charge in [0.05, 0.1) is 28.6 Å². The van der Waals surface area contributed by atoms with E-state index in [0.29, 0.717) is 38.6 Å². The fourth-order valence-corrected chi connectivity index (χ4v) is 8.45. The number of hydrogen-bond acceptors (Lipinski definition) is 7. The van der Waals surface area contributed by atoms with Crippen LogP contribution < -0.4 is 10.2 Å². The number of allylic oxidation sites excluding steroid dienone is 1. The molecule has 1 N–H and O–H groups in total. The summed E-state index contributed by atoms with van der Waals surface area (Å²) in [5.74, 6) is 1.49. The van der Waals surface area contributed by atoms with Gasteiger partial charge in [-0.05, 0) is 42.1 Å². The number of likely N-dealkylation sites (tertiary alicyclic amines) is 1. The lowest BCUT2D eigenvalue weighted by Crippen LogP contribution is -2.28. The summed E-state index contributed by atoms with van der Waals surface area (Å²) in [5.41, 5.74) is 5.75. The number of nitrogens with one attached hydrogen (secondary N) is 1. The summed E-state index contributed by atoms with van der Waals surface area (Å²) >= 11 is 15.5. The summed E-state index contributed by atoms with van der Waals surface area (Å²) < 4.78 is 18.1. The van der Waals surface area contributed by atoms with Gasteiger partial charge < -0.3 is 19.7 Å². The molecule has 232 valence electrons. The molecule has 4 atom stereocenters. The Kier molecular flexibility index (Phi) is 7.36. The highest BCUT2D eigenvalue weighted by Gasteiger charge is 2.39. The standard InChI is InChI=1S/C33H33Cl2FN8S/c1-3-41-12-21-14-42(15-22(21)13-41)24-6-4-20(5-7-24)25-11-27(34)26-17-44(40-30(26)29(25)35)32(19(2)39-33-37-8-9-45-33)31-28-10-23(36)16-43(28)18-38-31/h4-9,11,17-18,21-23,32H,2-3,10,12-16H2,1H3,(H,37,39)/t21-,22+,23-,32?/m1/s1. The molecule has 0 spiro atoms. The highest BCUT2D eigenvalue weighted by atomic mass is 35.5. The van der Waals surface area contributed by atoms with E-state index in [1.807, 2.05) is 22.2 Å². The summed E-state index contributed by atoms with van der Waals surface area (Å²) in [6, 6.07) is 9.97. The molecule has 0 saturated carbocycles. The van der Waals surface area contributed by atoms with Gasteiger partial charge in [-0.3, -0.25) is 4.68 Å². The average molecular weight is 664 g/mol. The van der Waals surface area contributed by atoms with Crippen molar-refractivity contribution in [3.8, 4) is 11.1 Å². The summed E-state index contributed by atoms with van der Waals surface area (Å²) in [6.45, 7) is 12.6. The van der Waals surface area contributed by atoms with Crippen LogP contribution in [-0.2, 0) is 13.0 Å². The SMILES string of the molecule is C=C(Nc1nccs1)C(c1ncn2c1C[C@@H](F)C2)n1cc2c(Cl)cc(-c3ccc(N4C[C@H]5CN(CC)C[C@H]5C4)cc3)c(Cl)c2n1. The number of benzene rings is 2. The van der Waals surface area contributed by atoms with Crippen molar-refractivity contribution in [3.63, 3.8) is 0 Å². The van der Waals surface area contributed by atoms with Crippen LogP contribution in [0.25, 0.3) is 22.0 Å². The monoisotopic (exact) mass is 662 g/mol. The Morgan fingerprint density at radius 2 is 1.89 bits per heavy atom. The number of hydrogen-bond donors (Lipinski definition) is 1. The Morgan fingerprint density at radius 1 is 1.11 bits per heavy atom. The van der Waals surface area contributed by atoms with Crippen LogP contribution in [-0.4, -0.2) is 68.1 Å². The van der Waals surface area contributed by atoms with Crippen molar-refractivity contribution in [2.45, 2.75) is 32.1 Å². The summed E-state index contributed by atoms with van der Waals surface area (Å²) in [4.78, 5) is 14.1. The van der Waals surface area contributed by atoms with Gasteiger partial charge in [-0.25, -0.2) is 14.4 Å². The molecule has 0 radical (unpaired) electrons. The van der Waals surface area contributed by atoms with Gasteiger partial charge in [0.25, 0.3) is 0 Å². The first-order chi connectivity index (χ1) is 21.9. The normalized spacial score (nSPS) is 21.9. The van der Waals surface area contributed by atoms with Gasteiger partial charge in [0, 0.05) is 78.4 Å². The number of aromatic nitrogens is 5. The Labute approximate surface area is 275 Å². The number of thiazole rings is 1. The lowest BCUT2D eigenvalue weighted by Gasteiger charge is -2.22. The zero-order valence-electron chi connectivity index (χ0n) is 24.8. The molecule has 45 heavy (non-hydrogen) atoms. The van der Waals surface area contributed by atoms with E-state index in [0.717, 1.165) is 53.7 Å². The van der Waals surface area contributed by atoms with E-state index in [1.165, 1.54) is 30.1 Å². The van der Waals surface area contributed by atoms with Crippen LogP contribution in [0.1, 0.15) is 24.4 Å². The molecule has 2 fully saturated rings. The first-order valence-corrected chi connectivity index (χ1v) is 17.0. The van der Waals surface area contributed by atoms with E-state index < -0.39 is 12.2 Å². The molecule has 1 unspecified atom stereocenters. The molecule has 3 aliphatic rings. The first kappa shape index (κ1) is 29.0. The third-order valence-electron chi connectivity index (χ3n) is 9.60. The molecular weight excluding hydrogens is 630 g/mol. The molecule has 5 aromatic rings. The number of halogens is 3. The Hall–Kier alpha value is -3.44. The number of alkyl halides is 1. The van der Waals surface area contributed by atoms with E-state index >= 15 is 0 Å². The van der Waals surface area contributed by atoms with E-state index in [1.54, 1.807) is 17.2 Å². The van der Waals surface area contributed by atoms with Gasteiger partial charge in [0.1, 0.15) is 17.7 Å². The number of nitrogens with zero attached hydrogens (tertiary/aromatic N) is 7. The van der Waals surface area contributed by atoms with E-state index in [-0.39, 0.29) is 6.42 Å². The molecule has 2 saturated heterocycles. The number of anilines is 2. The largest absolute Gasteiger partial charge is 0.371 e. The van der Waals surface area contributed by atoms with Crippen molar-refractivity contribution < 1.29 is 4.39 Å². The Morgan fingerprint density at radius 3 is 2.60 bits per heavy atom. The predicted octanol–water partition coefficient (Wildman–Crippen LogP) is 7.16. The predicted molar refractivity (Wildman–Crippen MR) is 180 cm³/mol. The number of imidazole rings is 1. The molecule has 8 nitrogen and oxygen atoms in total. The maximum absolute atomic E-state index is 14.4. The van der Waals surface area contributed by atoms with Crippen molar-refractivity contribution in [2.24, 2.45) is 11.8 Å². The lowest BCUT2D eigenvalue weighted by atomic mass is 10.0. The lowest BCUT2D eigenvalue weighted by molar-refractivity contribution is 0.328. The third-order valence-corrected chi connectivity index (χ3v) is 11.0. The van der Waals surface area contributed by atoms with Crippen LogP contribution in [0.15, 0.2) is 66.7 Å². The van der Waals surface area contributed by atoms with Gasteiger partial charge >= 0.3 is 0 Å². The molecule has 3 aromatic heterocycles. The van der Waals surface area contributed by atoms with Gasteiger partial charge in [-0.15, -0.1) is 11.3 Å². The molecule has 2 aromatic carbocycles. The minimum Gasteiger partial charge on any atom is -0.371 e. The maximum Gasteiger partial charge on any atom is 0.186 e. The van der Waals surface area contributed by atoms with Crippen LogP contribution in [0.3, 0.4) is 0 Å². The summed E-state index contributed by atoms with van der Waals surface area (Å²) in [5, 5.41) is 12.6. The van der Waals surface area contributed by atoms with Crippen molar-refractivity contribution in [1.82, 2.24) is 29.2 Å². The highest BCUT2D eigenvalue weighted by Crippen LogP contribution is 2.41. The smallest absolute Gasteiger partial charge is 0.186 e. The van der Waals surface area contributed by atoms with Gasteiger partial charge in [-0.2, -0.15) is 5.10 Å². The number of fused-ring (bicyclic) bond motifs is 3. The van der Waals surface area contributed by atoms with Crippen LogP contribution in [0, 0.1) is 11.8 Å². The maximum atomic E-state index is 14.4. The van der Waals surface area contributed by atoms with Crippen LogP contribution >= 0.6 is 34.5 Å². The van der Waals surface area contributed by atoms with Crippen molar-refractivity contribution in [2.75, 3.05) is 42.9 Å². The fourth-order valence-electron chi connectivity index (χ4n) is 7.34. The molecule has 8 rings (SSSR count). The quantitative estimate of drug-likeness (QED) is 0.190. The molecular formula is C33H33Cl2FN8S. The number of rotatable bonds is 8. The van der Waals surface area contributed by atoms with Gasteiger partial charge in [-0.1, -0.05) is 48.8 Å². The summed E-state index contributed by atoms with van der Waals surface area (Å²) in [6.07, 6.45) is 4.62. The zero-order chi connectivity index (χ0) is 30.8. The van der Waals surface area contributed by atoms with Crippen molar-refractivity contribution in [1.29, 1.82) is 0 Å². The van der Waals surface area contributed by atoms with E-state index in [2.05, 4.69) is 57.9 Å². The topological polar surface area (TPSA) is 67.0 Å². The van der Waals surface area contributed by atoms with Gasteiger partial charge in [0.15, 0.2) is 5.13 Å². The minimum absolute atomic E-state index is 0.286. The molecule has 0 amide bonds. The second kappa shape index (κ2) is 11.4. The van der Waals surface area contributed by atoms with Crippen LogP contribution in [0.5, 0.6) is 0 Å². The Balaban J connectivity index is 1.12. The third kappa shape index (κ3) is 5.12. The highest BCUT2D eigenvalue weighted by molar-refractivity contribution is 7.13. The molecule has 3 aliphatic heterocycles.